The minimum atomic E-state index is -0.481. The molecular weight excluding hydrogens is 413 g/mol. The van der Waals surface area contributed by atoms with Crippen LogP contribution in [0, 0.1) is 5.82 Å². The molecule has 0 saturated heterocycles. The molecule has 9 nitrogen and oxygen atoms in total. The second-order valence-electron chi connectivity index (χ2n) is 7.38. The van der Waals surface area contributed by atoms with Crippen molar-refractivity contribution in [3.05, 3.63) is 60.1 Å². The first-order valence-electron chi connectivity index (χ1n) is 9.91. The van der Waals surface area contributed by atoms with Crippen molar-refractivity contribution in [1.82, 2.24) is 34.6 Å². The van der Waals surface area contributed by atoms with E-state index in [4.69, 9.17) is 9.47 Å². The standard InChI is InChI=1S/C22H20FN7O2/c1-29-11-16-17(7-8-20(26-16)32-3)30-19(12-29)27-28-22(30)15-10-24-14(9-25-15)13-5-4-6-18(31-2)21(13)23/h4-10H,11-12H2,1-3H3. The molecule has 4 heterocycles. The average Bonchev–Trinajstić information content (AvgIpc) is 3.16. The first-order chi connectivity index (χ1) is 15.6. The third-order valence-corrected chi connectivity index (χ3v) is 5.28. The summed E-state index contributed by atoms with van der Waals surface area (Å²) in [4.78, 5) is 15.6. The molecule has 0 bridgehead atoms. The SMILES string of the molecule is COc1ccc2c(n1)CN(C)Cc1nnc(-c3cnc(-c4cccc(OC)c4F)cn3)n1-2. The average molecular weight is 433 g/mol. The van der Waals surface area contributed by atoms with E-state index in [2.05, 4.69) is 30.0 Å². The van der Waals surface area contributed by atoms with Crippen LogP contribution in [0.2, 0.25) is 0 Å². The van der Waals surface area contributed by atoms with Gasteiger partial charge in [0, 0.05) is 18.2 Å². The Morgan fingerprint density at radius 3 is 2.50 bits per heavy atom. The minimum Gasteiger partial charge on any atom is -0.494 e. The molecule has 5 rings (SSSR count). The van der Waals surface area contributed by atoms with E-state index in [-0.39, 0.29) is 5.75 Å². The molecular formula is C22H20FN7O2. The second kappa shape index (κ2) is 7.97. The lowest BCUT2D eigenvalue weighted by Crippen LogP contribution is -2.17. The van der Waals surface area contributed by atoms with Gasteiger partial charge in [-0.3, -0.25) is 14.5 Å². The van der Waals surface area contributed by atoms with Crippen LogP contribution in [0.25, 0.3) is 28.5 Å². The summed E-state index contributed by atoms with van der Waals surface area (Å²) >= 11 is 0. The number of pyridine rings is 1. The molecule has 0 N–H and O–H groups in total. The third kappa shape index (κ3) is 3.34. The molecule has 0 saturated carbocycles. The van der Waals surface area contributed by atoms with Gasteiger partial charge >= 0.3 is 0 Å². The Labute approximate surface area is 183 Å². The van der Waals surface area contributed by atoms with Crippen LogP contribution in [0.3, 0.4) is 0 Å². The molecule has 0 amide bonds. The predicted molar refractivity (Wildman–Crippen MR) is 114 cm³/mol. The molecule has 10 heteroatoms. The number of hydrogen-bond acceptors (Lipinski definition) is 8. The predicted octanol–water partition coefficient (Wildman–Crippen LogP) is 2.89. The highest BCUT2D eigenvalue weighted by atomic mass is 19.1. The molecule has 32 heavy (non-hydrogen) atoms. The van der Waals surface area contributed by atoms with Gasteiger partial charge in [-0.05, 0) is 25.2 Å². The summed E-state index contributed by atoms with van der Waals surface area (Å²) in [6.45, 7) is 1.22. The summed E-state index contributed by atoms with van der Waals surface area (Å²) in [6, 6.07) is 8.64. The number of hydrogen-bond donors (Lipinski definition) is 0. The van der Waals surface area contributed by atoms with Gasteiger partial charge in [0.05, 0.1) is 50.2 Å². The van der Waals surface area contributed by atoms with Crippen molar-refractivity contribution in [2.24, 2.45) is 0 Å². The molecule has 0 unspecified atom stereocenters. The van der Waals surface area contributed by atoms with Gasteiger partial charge in [0.2, 0.25) is 5.88 Å². The van der Waals surface area contributed by atoms with Crippen molar-refractivity contribution >= 4 is 0 Å². The van der Waals surface area contributed by atoms with Crippen LogP contribution in [0.5, 0.6) is 11.6 Å². The molecule has 0 spiro atoms. The molecule has 1 aliphatic heterocycles. The van der Waals surface area contributed by atoms with Gasteiger partial charge < -0.3 is 9.47 Å². The number of halogens is 1. The minimum absolute atomic E-state index is 0.153. The van der Waals surface area contributed by atoms with Crippen LogP contribution >= 0.6 is 0 Å². The summed E-state index contributed by atoms with van der Waals surface area (Å²) in [6.07, 6.45) is 3.08. The van der Waals surface area contributed by atoms with Gasteiger partial charge in [0.1, 0.15) is 5.69 Å². The molecule has 0 fully saturated rings. The van der Waals surface area contributed by atoms with E-state index in [1.165, 1.54) is 13.3 Å². The Hall–Kier alpha value is -3.92. The third-order valence-electron chi connectivity index (χ3n) is 5.28. The van der Waals surface area contributed by atoms with E-state index in [0.717, 1.165) is 17.2 Å². The number of benzene rings is 1. The molecule has 0 aliphatic carbocycles. The maximum absolute atomic E-state index is 14.6. The zero-order valence-corrected chi connectivity index (χ0v) is 17.8. The van der Waals surface area contributed by atoms with Crippen LogP contribution in [0.15, 0.2) is 42.7 Å². The van der Waals surface area contributed by atoms with Crippen molar-refractivity contribution in [1.29, 1.82) is 0 Å². The zero-order chi connectivity index (χ0) is 22.2. The van der Waals surface area contributed by atoms with E-state index >= 15 is 0 Å². The Kier molecular flexibility index (Phi) is 4.98. The summed E-state index contributed by atoms with van der Waals surface area (Å²) in [5, 5.41) is 8.73. The number of nitrogens with zero attached hydrogens (tertiary/aromatic N) is 7. The number of methoxy groups -OCH3 is 2. The fourth-order valence-corrected chi connectivity index (χ4v) is 3.75. The summed E-state index contributed by atoms with van der Waals surface area (Å²) < 4.78 is 26.9. The highest BCUT2D eigenvalue weighted by Gasteiger charge is 2.25. The molecule has 4 aromatic rings. The number of fused-ring (bicyclic) bond motifs is 3. The monoisotopic (exact) mass is 433 g/mol. The van der Waals surface area contributed by atoms with Gasteiger partial charge in [-0.2, -0.15) is 0 Å². The lowest BCUT2D eigenvalue weighted by Gasteiger charge is -2.13. The largest absolute Gasteiger partial charge is 0.494 e. The number of aromatic nitrogens is 6. The summed E-state index contributed by atoms with van der Waals surface area (Å²) in [5.74, 6) is 1.51. The molecule has 0 radical (unpaired) electrons. The van der Waals surface area contributed by atoms with Crippen molar-refractivity contribution < 1.29 is 13.9 Å². The van der Waals surface area contributed by atoms with E-state index in [9.17, 15) is 4.39 Å². The van der Waals surface area contributed by atoms with Crippen molar-refractivity contribution in [3.8, 4) is 40.1 Å². The van der Waals surface area contributed by atoms with Gasteiger partial charge in [-0.25, -0.2) is 14.4 Å². The van der Waals surface area contributed by atoms with Gasteiger partial charge in [-0.15, -0.1) is 10.2 Å². The fraction of sp³-hybridized carbons (Fsp3) is 0.227. The molecule has 1 aliphatic rings. The Morgan fingerprint density at radius 2 is 1.75 bits per heavy atom. The maximum atomic E-state index is 14.6. The van der Waals surface area contributed by atoms with Crippen LogP contribution in [-0.4, -0.2) is 55.9 Å². The number of ether oxygens (including phenoxy) is 2. The molecule has 3 aromatic heterocycles. The van der Waals surface area contributed by atoms with E-state index in [0.29, 0.717) is 41.7 Å². The summed E-state index contributed by atoms with van der Waals surface area (Å²) in [5.41, 5.74) is 2.92. The Morgan fingerprint density at radius 1 is 0.938 bits per heavy atom. The highest BCUT2D eigenvalue weighted by Crippen LogP contribution is 2.30. The van der Waals surface area contributed by atoms with Gasteiger partial charge in [-0.1, -0.05) is 6.07 Å². The molecule has 1 aromatic carbocycles. The first-order valence-corrected chi connectivity index (χ1v) is 9.91. The van der Waals surface area contributed by atoms with Crippen LogP contribution in [0.4, 0.5) is 4.39 Å². The lowest BCUT2D eigenvalue weighted by molar-refractivity contribution is 0.309. The van der Waals surface area contributed by atoms with Crippen molar-refractivity contribution in [3.63, 3.8) is 0 Å². The first kappa shape index (κ1) is 20.0. The van der Waals surface area contributed by atoms with E-state index < -0.39 is 5.82 Å². The van der Waals surface area contributed by atoms with E-state index in [1.807, 2.05) is 17.7 Å². The number of rotatable bonds is 4. The van der Waals surface area contributed by atoms with Gasteiger partial charge in [0.15, 0.2) is 23.2 Å². The smallest absolute Gasteiger partial charge is 0.213 e. The normalized spacial score (nSPS) is 13.2. The zero-order valence-electron chi connectivity index (χ0n) is 17.8. The van der Waals surface area contributed by atoms with Crippen LogP contribution in [-0.2, 0) is 13.1 Å². The topological polar surface area (TPSA) is 91.1 Å². The van der Waals surface area contributed by atoms with Crippen molar-refractivity contribution in [2.75, 3.05) is 21.3 Å². The lowest BCUT2D eigenvalue weighted by atomic mass is 10.1. The summed E-state index contributed by atoms with van der Waals surface area (Å²) in [7, 11) is 5.01. The Bertz CT molecular complexity index is 1290. The van der Waals surface area contributed by atoms with Crippen LogP contribution in [0.1, 0.15) is 11.5 Å². The Balaban J connectivity index is 1.58. The maximum Gasteiger partial charge on any atom is 0.213 e. The fourth-order valence-electron chi connectivity index (χ4n) is 3.75. The van der Waals surface area contributed by atoms with Crippen LogP contribution < -0.4 is 9.47 Å². The molecule has 162 valence electrons. The van der Waals surface area contributed by atoms with E-state index in [1.54, 1.807) is 37.6 Å². The highest BCUT2D eigenvalue weighted by molar-refractivity contribution is 5.63. The van der Waals surface area contributed by atoms with Gasteiger partial charge in [0.25, 0.3) is 0 Å². The molecule has 0 atom stereocenters. The van der Waals surface area contributed by atoms with Crippen molar-refractivity contribution in [2.45, 2.75) is 13.1 Å². The second-order valence-corrected chi connectivity index (χ2v) is 7.38. The quantitative estimate of drug-likeness (QED) is 0.485.